The van der Waals surface area contributed by atoms with Gasteiger partial charge in [0, 0.05) is 25.1 Å². The molecule has 5 heteroatoms. The number of terminal acetylenes is 1. The molecule has 0 saturated carbocycles. The molecule has 1 N–H and O–H groups in total. The lowest BCUT2D eigenvalue weighted by Gasteiger charge is -2.18. The Bertz CT molecular complexity index is 577. The second-order valence-corrected chi connectivity index (χ2v) is 4.91. The van der Waals surface area contributed by atoms with E-state index in [4.69, 9.17) is 11.2 Å². The van der Waals surface area contributed by atoms with Crippen LogP contribution in [0.2, 0.25) is 0 Å². The summed E-state index contributed by atoms with van der Waals surface area (Å²) in [4.78, 5) is 25.6. The van der Waals surface area contributed by atoms with Crippen LogP contribution in [-0.4, -0.2) is 36.9 Å². The lowest BCUT2D eigenvalue weighted by molar-refractivity contribution is -0.129. The number of rotatable bonds is 5. The van der Waals surface area contributed by atoms with E-state index in [1.54, 1.807) is 12.0 Å². The summed E-state index contributed by atoms with van der Waals surface area (Å²) < 4.78 is 5.28. The van der Waals surface area contributed by atoms with Crippen LogP contribution in [0.1, 0.15) is 12.0 Å². The molecule has 0 aliphatic carbocycles. The predicted molar refractivity (Wildman–Crippen MR) is 78.4 cm³/mol. The SMILES string of the molecule is C#CCNC(=O)C1CC(=O)N(Cc2ccccc2OC)C1. The molecule has 0 radical (unpaired) electrons. The number of para-hydroxylation sites is 1. The zero-order valence-corrected chi connectivity index (χ0v) is 12.0. The molecule has 110 valence electrons. The van der Waals surface area contributed by atoms with Crippen LogP contribution < -0.4 is 10.1 Å². The maximum atomic E-state index is 12.0. The average molecular weight is 286 g/mol. The summed E-state index contributed by atoms with van der Waals surface area (Å²) in [6.45, 7) is 1.05. The number of nitrogens with one attached hydrogen (secondary N) is 1. The van der Waals surface area contributed by atoms with Gasteiger partial charge >= 0.3 is 0 Å². The first-order chi connectivity index (χ1) is 10.2. The minimum absolute atomic E-state index is 0.0261. The van der Waals surface area contributed by atoms with Crippen LogP contribution in [0.4, 0.5) is 0 Å². The molecule has 1 atom stereocenters. The average Bonchev–Trinajstić information content (AvgIpc) is 2.86. The Balaban J connectivity index is 2.01. The summed E-state index contributed by atoms with van der Waals surface area (Å²) in [5.41, 5.74) is 0.929. The van der Waals surface area contributed by atoms with Crippen LogP contribution in [0.5, 0.6) is 5.75 Å². The van der Waals surface area contributed by atoms with Crippen molar-refractivity contribution in [1.82, 2.24) is 10.2 Å². The molecule has 2 rings (SSSR count). The summed E-state index contributed by atoms with van der Waals surface area (Å²) in [6.07, 6.45) is 5.34. The van der Waals surface area contributed by atoms with Gasteiger partial charge in [0.1, 0.15) is 5.75 Å². The van der Waals surface area contributed by atoms with Crippen LogP contribution in [0, 0.1) is 18.3 Å². The molecule has 5 nitrogen and oxygen atoms in total. The van der Waals surface area contributed by atoms with Crippen LogP contribution in [0.25, 0.3) is 0 Å². The van der Waals surface area contributed by atoms with Crippen LogP contribution in [0.3, 0.4) is 0 Å². The number of carbonyl (C=O) groups is 2. The Labute approximate surface area is 124 Å². The van der Waals surface area contributed by atoms with Gasteiger partial charge in [0.2, 0.25) is 11.8 Å². The summed E-state index contributed by atoms with van der Waals surface area (Å²) >= 11 is 0. The van der Waals surface area contributed by atoms with Gasteiger partial charge in [-0.1, -0.05) is 24.1 Å². The lowest BCUT2D eigenvalue weighted by Crippen LogP contribution is -2.33. The van der Waals surface area contributed by atoms with Crippen molar-refractivity contribution in [2.45, 2.75) is 13.0 Å². The summed E-state index contributed by atoms with van der Waals surface area (Å²) in [7, 11) is 1.60. The molecule has 1 aromatic carbocycles. The van der Waals surface area contributed by atoms with Gasteiger partial charge in [-0.25, -0.2) is 0 Å². The van der Waals surface area contributed by atoms with Gasteiger partial charge in [-0.05, 0) is 6.07 Å². The predicted octanol–water partition coefficient (Wildman–Crippen LogP) is 0.793. The number of carbonyl (C=O) groups excluding carboxylic acids is 2. The number of hydrogen-bond acceptors (Lipinski definition) is 3. The van der Waals surface area contributed by atoms with Gasteiger partial charge in [-0.15, -0.1) is 6.42 Å². The van der Waals surface area contributed by atoms with Crippen molar-refractivity contribution in [2.75, 3.05) is 20.2 Å². The van der Waals surface area contributed by atoms with E-state index in [2.05, 4.69) is 11.2 Å². The summed E-state index contributed by atoms with van der Waals surface area (Å²) in [5.74, 6) is 2.57. The number of nitrogens with zero attached hydrogens (tertiary/aromatic N) is 1. The highest BCUT2D eigenvalue weighted by Gasteiger charge is 2.34. The highest BCUT2D eigenvalue weighted by molar-refractivity contribution is 5.89. The third kappa shape index (κ3) is 3.54. The normalized spacial score (nSPS) is 17.4. The minimum Gasteiger partial charge on any atom is -0.496 e. The third-order valence-electron chi connectivity index (χ3n) is 3.50. The maximum absolute atomic E-state index is 12.0. The molecule has 1 aromatic rings. The fourth-order valence-electron chi connectivity index (χ4n) is 2.42. The van der Waals surface area contributed by atoms with E-state index in [0.29, 0.717) is 13.1 Å². The maximum Gasteiger partial charge on any atom is 0.226 e. The summed E-state index contributed by atoms with van der Waals surface area (Å²) in [6, 6.07) is 7.55. The number of ether oxygens (including phenoxy) is 1. The largest absolute Gasteiger partial charge is 0.496 e. The summed E-state index contributed by atoms with van der Waals surface area (Å²) in [5, 5.41) is 2.62. The van der Waals surface area contributed by atoms with Crippen LogP contribution in [-0.2, 0) is 16.1 Å². The third-order valence-corrected chi connectivity index (χ3v) is 3.50. The van der Waals surface area contributed by atoms with Gasteiger partial charge in [0.05, 0.1) is 19.6 Å². The first-order valence-electron chi connectivity index (χ1n) is 6.76. The Morgan fingerprint density at radius 2 is 2.29 bits per heavy atom. The molecular formula is C16H18N2O3. The monoisotopic (exact) mass is 286 g/mol. The van der Waals surface area contributed by atoms with Crippen molar-refractivity contribution in [3.05, 3.63) is 29.8 Å². The van der Waals surface area contributed by atoms with E-state index >= 15 is 0 Å². The van der Waals surface area contributed by atoms with Crippen LogP contribution in [0.15, 0.2) is 24.3 Å². The van der Waals surface area contributed by atoms with Gasteiger partial charge in [-0.2, -0.15) is 0 Å². The molecule has 1 unspecified atom stereocenters. The molecule has 1 saturated heterocycles. The lowest BCUT2D eigenvalue weighted by atomic mass is 10.1. The zero-order chi connectivity index (χ0) is 15.2. The first-order valence-corrected chi connectivity index (χ1v) is 6.76. The molecule has 21 heavy (non-hydrogen) atoms. The van der Waals surface area contributed by atoms with E-state index in [1.165, 1.54) is 0 Å². The smallest absolute Gasteiger partial charge is 0.226 e. The molecule has 2 amide bonds. The van der Waals surface area contributed by atoms with Gasteiger partial charge in [0.25, 0.3) is 0 Å². The van der Waals surface area contributed by atoms with Gasteiger partial charge in [0.15, 0.2) is 0 Å². The van der Waals surface area contributed by atoms with E-state index < -0.39 is 0 Å². The Morgan fingerprint density at radius 3 is 3.00 bits per heavy atom. The molecule has 1 aliphatic rings. The Morgan fingerprint density at radius 1 is 1.52 bits per heavy atom. The van der Waals surface area contributed by atoms with Gasteiger partial charge < -0.3 is 15.0 Å². The van der Waals surface area contributed by atoms with Crippen molar-refractivity contribution >= 4 is 11.8 Å². The fraction of sp³-hybridized carbons (Fsp3) is 0.375. The number of amides is 2. The Hall–Kier alpha value is -2.48. The number of hydrogen-bond donors (Lipinski definition) is 1. The topological polar surface area (TPSA) is 58.6 Å². The van der Waals surface area contributed by atoms with E-state index in [-0.39, 0.29) is 30.7 Å². The number of methoxy groups -OCH3 is 1. The van der Waals surface area contributed by atoms with Crippen molar-refractivity contribution in [3.8, 4) is 18.1 Å². The molecular weight excluding hydrogens is 268 g/mol. The molecule has 0 spiro atoms. The van der Waals surface area contributed by atoms with Crippen molar-refractivity contribution in [3.63, 3.8) is 0 Å². The highest BCUT2D eigenvalue weighted by atomic mass is 16.5. The number of likely N-dealkylation sites (tertiary alicyclic amines) is 1. The molecule has 1 aliphatic heterocycles. The minimum atomic E-state index is -0.333. The van der Waals surface area contributed by atoms with Crippen molar-refractivity contribution in [2.24, 2.45) is 5.92 Å². The van der Waals surface area contributed by atoms with E-state index in [1.807, 2.05) is 24.3 Å². The quantitative estimate of drug-likeness (QED) is 0.814. The molecule has 1 fully saturated rings. The number of benzene rings is 1. The zero-order valence-electron chi connectivity index (χ0n) is 12.0. The second-order valence-electron chi connectivity index (χ2n) is 4.91. The van der Waals surface area contributed by atoms with E-state index in [0.717, 1.165) is 11.3 Å². The Kier molecular flexibility index (Phi) is 4.83. The fourth-order valence-corrected chi connectivity index (χ4v) is 2.42. The standard InChI is InChI=1S/C16H18N2O3/c1-3-8-17-16(20)13-9-15(19)18(11-13)10-12-6-4-5-7-14(12)21-2/h1,4-7,13H,8-11H2,2H3,(H,17,20). The second kappa shape index (κ2) is 6.80. The first kappa shape index (κ1) is 14.9. The molecule has 0 bridgehead atoms. The molecule has 0 aromatic heterocycles. The highest BCUT2D eigenvalue weighted by Crippen LogP contribution is 2.24. The van der Waals surface area contributed by atoms with E-state index in [9.17, 15) is 9.59 Å². The van der Waals surface area contributed by atoms with Gasteiger partial charge in [-0.3, -0.25) is 9.59 Å². The van der Waals surface area contributed by atoms with Crippen LogP contribution >= 0.6 is 0 Å². The van der Waals surface area contributed by atoms with Crippen molar-refractivity contribution in [1.29, 1.82) is 0 Å². The van der Waals surface area contributed by atoms with Crippen molar-refractivity contribution < 1.29 is 14.3 Å². The molecule has 1 heterocycles.